The van der Waals surface area contributed by atoms with Gasteiger partial charge in [-0.1, -0.05) is 262 Å². The summed E-state index contributed by atoms with van der Waals surface area (Å²) in [6, 6.07) is 0. The van der Waals surface area contributed by atoms with Crippen molar-refractivity contribution in [3.05, 3.63) is 36.5 Å². The van der Waals surface area contributed by atoms with Crippen molar-refractivity contribution in [1.29, 1.82) is 0 Å². The predicted molar refractivity (Wildman–Crippen MR) is 289 cm³/mol. The maximum absolute atomic E-state index is 12.7. The summed E-state index contributed by atoms with van der Waals surface area (Å²) in [4.78, 5) is 35.1. The summed E-state index contributed by atoms with van der Waals surface area (Å²) in [5.41, 5.74) is 5.38. The molecule has 0 bridgehead atoms. The zero-order chi connectivity index (χ0) is 49.5. The topological polar surface area (TPSA) is 134 Å². The molecule has 0 saturated carbocycles. The lowest BCUT2D eigenvalue weighted by Gasteiger charge is -2.19. The van der Waals surface area contributed by atoms with E-state index in [1.165, 1.54) is 186 Å². The van der Waals surface area contributed by atoms with Gasteiger partial charge in [0, 0.05) is 19.4 Å². The third-order valence-electron chi connectivity index (χ3n) is 12.8. The van der Waals surface area contributed by atoms with Crippen LogP contribution in [-0.4, -0.2) is 49.3 Å². The first kappa shape index (κ1) is 66.2. The summed E-state index contributed by atoms with van der Waals surface area (Å²) in [6.45, 7) is 3.75. The van der Waals surface area contributed by atoms with Gasteiger partial charge in [0.15, 0.2) is 6.10 Å². The van der Waals surface area contributed by atoms with Crippen molar-refractivity contribution >= 4 is 19.8 Å². The summed E-state index contributed by atoms with van der Waals surface area (Å²) in [6.07, 6.45) is 64.9. The number of esters is 2. The molecule has 2 atom stereocenters. The zero-order valence-electron chi connectivity index (χ0n) is 44.6. The third-order valence-corrected chi connectivity index (χ3v) is 13.8. The van der Waals surface area contributed by atoms with Crippen molar-refractivity contribution in [2.75, 3.05) is 26.4 Å². The highest BCUT2D eigenvalue weighted by molar-refractivity contribution is 7.47. The van der Waals surface area contributed by atoms with Gasteiger partial charge in [-0.3, -0.25) is 18.6 Å². The van der Waals surface area contributed by atoms with Crippen LogP contribution in [0.15, 0.2) is 36.5 Å². The molecule has 0 aromatic heterocycles. The molecule has 0 fully saturated rings. The Kier molecular flexibility index (Phi) is 53.1. The summed E-state index contributed by atoms with van der Waals surface area (Å²) in [7, 11) is -4.39. The first-order chi connectivity index (χ1) is 33.3. The molecule has 10 heteroatoms. The van der Waals surface area contributed by atoms with Crippen molar-refractivity contribution in [3.63, 3.8) is 0 Å². The molecule has 0 heterocycles. The van der Waals surface area contributed by atoms with Crippen molar-refractivity contribution in [2.45, 2.75) is 296 Å². The molecule has 2 unspecified atom stereocenters. The largest absolute Gasteiger partial charge is 0.472 e. The highest BCUT2D eigenvalue weighted by Gasteiger charge is 2.26. The van der Waals surface area contributed by atoms with Crippen molar-refractivity contribution in [3.8, 4) is 0 Å². The van der Waals surface area contributed by atoms with Crippen LogP contribution in [0, 0.1) is 0 Å². The van der Waals surface area contributed by atoms with Crippen LogP contribution in [0.25, 0.3) is 0 Å². The summed E-state index contributed by atoms with van der Waals surface area (Å²) >= 11 is 0. The van der Waals surface area contributed by atoms with Gasteiger partial charge < -0.3 is 20.1 Å². The van der Waals surface area contributed by atoms with Crippen LogP contribution in [0.5, 0.6) is 0 Å². The number of phosphoric acid groups is 1. The molecule has 0 aromatic rings. The van der Waals surface area contributed by atoms with E-state index < -0.39 is 26.5 Å². The minimum Gasteiger partial charge on any atom is -0.462 e. The van der Waals surface area contributed by atoms with Crippen molar-refractivity contribution in [1.82, 2.24) is 0 Å². The van der Waals surface area contributed by atoms with Crippen LogP contribution >= 0.6 is 7.82 Å². The fraction of sp³-hybridized carbons (Fsp3) is 0.862. The Balaban J connectivity index is 3.92. The van der Waals surface area contributed by atoms with E-state index in [2.05, 4.69) is 50.3 Å². The normalized spacial score (nSPS) is 13.3. The quantitative estimate of drug-likeness (QED) is 0.0264. The Bertz CT molecular complexity index is 1210. The molecule has 0 aliphatic heterocycles. The Hall–Kier alpha value is -1.77. The minimum atomic E-state index is -4.39. The van der Waals surface area contributed by atoms with Crippen LogP contribution in [0.4, 0.5) is 0 Å². The van der Waals surface area contributed by atoms with Crippen LogP contribution in [-0.2, 0) is 32.7 Å². The average molecular weight is 980 g/mol. The first-order valence-electron chi connectivity index (χ1n) is 29.0. The third kappa shape index (κ3) is 53.6. The number of ether oxygens (including phenoxy) is 2. The second-order valence-corrected chi connectivity index (χ2v) is 21.0. The molecule has 0 saturated heterocycles. The molecule has 0 radical (unpaired) electrons. The molecular formula is C58H110NO8P. The van der Waals surface area contributed by atoms with Crippen molar-refractivity contribution < 1.29 is 37.6 Å². The van der Waals surface area contributed by atoms with Gasteiger partial charge >= 0.3 is 19.8 Å². The van der Waals surface area contributed by atoms with Gasteiger partial charge in [0.1, 0.15) is 6.61 Å². The van der Waals surface area contributed by atoms with Crippen LogP contribution in [0.2, 0.25) is 0 Å². The van der Waals surface area contributed by atoms with E-state index in [0.29, 0.717) is 6.42 Å². The van der Waals surface area contributed by atoms with E-state index in [4.69, 9.17) is 24.3 Å². The predicted octanol–water partition coefficient (Wildman–Crippen LogP) is 18.0. The molecule has 0 aliphatic carbocycles. The monoisotopic (exact) mass is 980 g/mol. The number of hydrogen-bond acceptors (Lipinski definition) is 8. The molecule has 0 rings (SSSR count). The molecular weight excluding hydrogens is 870 g/mol. The summed E-state index contributed by atoms with van der Waals surface area (Å²) < 4.78 is 33.0. The van der Waals surface area contributed by atoms with Gasteiger partial charge in [-0.25, -0.2) is 4.57 Å². The number of unbranched alkanes of at least 4 members (excludes halogenated alkanes) is 36. The second kappa shape index (κ2) is 54.6. The minimum absolute atomic E-state index is 0.0518. The van der Waals surface area contributed by atoms with Crippen molar-refractivity contribution in [2.24, 2.45) is 5.73 Å². The number of carbonyl (C=O) groups is 2. The molecule has 0 amide bonds. The van der Waals surface area contributed by atoms with Gasteiger partial charge in [0.05, 0.1) is 13.2 Å². The zero-order valence-corrected chi connectivity index (χ0v) is 45.5. The van der Waals surface area contributed by atoms with E-state index in [9.17, 15) is 19.0 Å². The van der Waals surface area contributed by atoms with Crippen LogP contribution in [0.3, 0.4) is 0 Å². The number of hydrogen-bond donors (Lipinski definition) is 2. The lowest BCUT2D eigenvalue weighted by Crippen LogP contribution is -2.29. The van der Waals surface area contributed by atoms with Gasteiger partial charge in [-0.05, 0) is 51.4 Å². The van der Waals surface area contributed by atoms with E-state index in [1.807, 2.05) is 0 Å². The van der Waals surface area contributed by atoms with Gasteiger partial charge in [0.25, 0.3) is 0 Å². The fourth-order valence-corrected chi connectivity index (χ4v) is 9.23. The van der Waals surface area contributed by atoms with Gasteiger partial charge in [0.2, 0.25) is 0 Å². The summed E-state index contributed by atoms with van der Waals surface area (Å²) in [5, 5.41) is 0. The highest BCUT2D eigenvalue weighted by atomic mass is 31.2. The average Bonchev–Trinajstić information content (AvgIpc) is 3.33. The number of phosphoric ester groups is 1. The Morgan fingerprint density at radius 1 is 0.441 bits per heavy atom. The van der Waals surface area contributed by atoms with Crippen LogP contribution in [0.1, 0.15) is 290 Å². The second-order valence-electron chi connectivity index (χ2n) is 19.5. The molecule has 3 N–H and O–H groups in total. The van der Waals surface area contributed by atoms with E-state index in [1.54, 1.807) is 0 Å². The molecule has 68 heavy (non-hydrogen) atoms. The lowest BCUT2D eigenvalue weighted by atomic mass is 10.0. The SMILES string of the molecule is CCCCC/C=C\C/C=C\C/C=C\CCCCCCCCC(=O)OC(COC(=O)CCCCCCCCCCCCCCCCCCCCCCCCCCCCCC)COP(=O)(O)OCCN. The standard InChI is InChI=1S/C58H110NO8P/c1-3-5-7-9-11-13-15-17-19-21-23-24-25-26-27-28-29-30-31-33-34-36-38-40-42-44-46-48-50-57(60)64-54-56(55-66-68(62,63)65-53-52-59)67-58(61)51-49-47-45-43-41-39-37-35-32-22-20-18-16-14-12-10-8-6-4-2/h12,14,18,20,32,35,56H,3-11,13,15-17,19,21-31,33-34,36-55,59H2,1-2H3,(H,62,63)/b14-12-,20-18-,35-32-. The molecule has 0 spiro atoms. The Morgan fingerprint density at radius 3 is 1.16 bits per heavy atom. The molecule has 0 aromatic carbocycles. The molecule has 400 valence electrons. The number of rotatable bonds is 55. The van der Waals surface area contributed by atoms with E-state index >= 15 is 0 Å². The smallest absolute Gasteiger partial charge is 0.462 e. The molecule has 9 nitrogen and oxygen atoms in total. The van der Waals surface area contributed by atoms with E-state index in [-0.39, 0.29) is 38.6 Å². The first-order valence-corrected chi connectivity index (χ1v) is 30.5. The van der Waals surface area contributed by atoms with Crippen LogP contribution < -0.4 is 5.73 Å². The fourth-order valence-electron chi connectivity index (χ4n) is 8.47. The number of carbonyl (C=O) groups excluding carboxylic acids is 2. The highest BCUT2D eigenvalue weighted by Crippen LogP contribution is 2.43. The number of nitrogens with two attached hydrogens (primary N) is 1. The Morgan fingerprint density at radius 2 is 0.765 bits per heavy atom. The van der Waals surface area contributed by atoms with Gasteiger partial charge in [-0.15, -0.1) is 0 Å². The van der Waals surface area contributed by atoms with Gasteiger partial charge in [-0.2, -0.15) is 0 Å². The lowest BCUT2D eigenvalue weighted by molar-refractivity contribution is -0.161. The number of allylic oxidation sites excluding steroid dienone is 6. The van der Waals surface area contributed by atoms with E-state index in [0.717, 1.165) is 70.6 Å². The molecule has 0 aliphatic rings. The maximum Gasteiger partial charge on any atom is 0.472 e. The maximum atomic E-state index is 12.7. The Labute approximate surface area is 420 Å². The summed E-state index contributed by atoms with van der Waals surface area (Å²) in [5.74, 6) is -0.829.